The van der Waals surface area contributed by atoms with E-state index in [0.29, 0.717) is 0 Å². The van der Waals surface area contributed by atoms with Crippen LogP contribution in [0, 0.1) is 11.8 Å². The molecule has 0 heterocycles. The van der Waals surface area contributed by atoms with Crippen LogP contribution in [0.1, 0.15) is 58.3 Å². The lowest BCUT2D eigenvalue weighted by molar-refractivity contribution is -0.0651. The Hall–Kier alpha value is 0.440. The van der Waals surface area contributed by atoms with Gasteiger partial charge in [0.25, 0.3) is 0 Å². The molecule has 0 saturated heterocycles. The molecule has 0 unspecified atom stereocenters. The summed E-state index contributed by atoms with van der Waals surface area (Å²) in [5.41, 5.74) is 0.177. The van der Waals surface area contributed by atoms with Crippen molar-refractivity contribution >= 4 is 15.9 Å². The molecule has 94 valence electrons. The van der Waals surface area contributed by atoms with Crippen LogP contribution >= 0.6 is 15.9 Å². The minimum Gasteiger partial charge on any atom is -0.374 e. The highest BCUT2D eigenvalue weighted by atomic mass is 79.9. The quantitative estimate of drug-likeness (QED) is 0.675. The van der Waals surface area contributed by atoms with Gasteiger partial charge in [0.05, 0.1) is 5.60 Å². The molecule has 2 aliphatic carbocycles. The van der Waals surface area contributed by atoms with E-state index in [0.717, 1.165) is 23.8 Å². The molecule has 0 aliphatic heterocycles. The highest BCUT2D eigenvalue weighted by molar-refractivity contribution is 9.09. The average molecular weight is 289 g/mol. The Morgan fingerprint density at radius 3 is 2.38 bits per heavy atom. The summed E-state index contributed by atoms with van der Waals surface area (Å²) < 4.78 is 6.23. The van der Waals surface area contributed by atoms with Gasteiger partial charge in [0.1, 0.15) is 0 Å². The van der Waals surface area contributed by atoms with Crippen molar-refractivity contribution in [2.24, 2.45) is 11.8 Å². The molecule has 0 spiro atoms. The first kappa shape index (κ1) is 12.9. The van der Waals surface area contributed by atoms with Crippen molar-refractivity contribution in [2.45, 2.75) is 63.9 Å². The summed E-state index contributed by atoms with van der Waals surface area (Å²) in [6, 6.07) is 0. The molecule has 0 aromatic carbocycles. The van der Waals surface area contributed by atoms with E-state index in [-0.39, 0.29) is 5.60 Å². The van der Waals surface area contributed by atoms with E-state index in [4.69, 9.17) is 4.74 Å². The lowest BCUT2D eigenvalue weighted by Crippen LogP contribution is -2.39. The lowest BCUT2D eigenvalue weighted by Gasteiger charge is -2.39. The Balaban J connectivity index is 1.71. The van der Waals surface area contributed by atoms with Crippen molar-refractivity contribution in [1.82, 2.24) is 0 Å². The van der Waals surface area contributed by atoms with Crippen LogP contribution in [0.4, 0.5) is 0 Å². The fourth-order valence-corrected chi connectivity index (χ4v) is 3.55. The van der Waals surface area contributed by atoms with Gasteiger partial charge >= 0.3 is 0 Å². The Morgan fingerprint density at radius 1 is 1.19 bits per heavy atom. The first-order valence-corrected chi connectivity index (χ1v) is 8.06. The van der Waals surface area contributed by atoms with Gasteiger partial charge in [0.15, 0.2) is 0 Å². The zero-order valence-corrected chi connectivity index (χ0v) is 12.1. The van der Waals surface area contributed by atoms with Crippen LogP contribution < -0.4 is 0 Å². The van der Waals surface area contributed by atoms with Crippen molar-refractivity contribution < 1.29 is 4.74 Å². The zero-order valence-electron chi connectivity index (χ0n) is 10.5. The molecular formula is C14H25BrO. The van der Waals surface area contributed by atoms with Crippen LogP contribution in [0.2, 0.25) is 0 Å². The maximum absolute atomic E-state index is 6.23. The van der Waals surface area contributed by atoms with Gasteiger partial charge < -0.3 is 4.74 Å². The molecule has 0 amide bonds. The molecule has 2 fully saturated rings. The minimum absolute atomic E-state index is 0.177. The number of alkyl halides is 1. The number of hydrogen-bond acceptors (Lipinski definition) is 1. The molecule has 2 aliphatic rings. The number of rotatable bonds is 5. The summed E-state index contributed by atoms with van der Waals surface area (Å²) in [7, 11) is 0. The van der Waals surface area contributed by atoms with Crippen LogP contribution in [0.5, 0.6) is 0 Å². The van der Waals surface area contributed by atoms with Gasteiger partial charge in [-0.3, -0.25) is 0 Å². The van der Waals surface area contributed by atoms with Gasteiger partial charge in [0.2, 0.25) is 0 Å². The van der Waals surface area contributed by atoms with E-state index in [1.807, 2.05) is 0 Å². The normalized spacial score (nSPS) is 36.0. The van der Waals surface area contributed by atoms with Crippen LogP contribution in [-0.4, -0.2) is 17.5 Å². The van der Waals surface area contributed by atoms with Gasteiger partial charge in [-0.2, -0.15) is 0 Å². The standard InChI is InChI=1S/C14H25BrO/c1-12-5-8-14(11-15,9-6-12)16-10-7-13-3-2-4-13/h12-13H,2-11H2,1H3. The predicted molar refractivity (Wildman–Crippen MR) is 72.1 cm³/mol. The highest BCUT2D eigenvalue weighted by Crippen LogP contribution is 2.37. The van der Waals surface area contributed by atoms with Crippen LogP contribution in [0.25, 0.3) is 0 Å². The minimum atomic E-state index is 0.177. The third-order valence-corrected chi connectivity index (χ3v) is 5.61. The fourth-order valence-electron chi connectivity index (χ4n) is 2.83. The Morgan fingerprint density at radius 2 is 1.88 bits per heavy atom. The third-order valence-electron chi connectivity index (χ3n) is 4.59. The van der Waals surface area contributed by atoms with E-state index < -0.39 is 0 Å². The SMILES string of the molecule is CC1CCC(CBr)(OCCC2CCC2)CC1. The van der Waals surface area contributed by atoms with Crippen molar-refractivity contribution in [2.75, 3.05) is 11.9 Å². The van der Waals surface area contributed by atoms with Crippen molar-refractivity contribution in [1.29, 1.82) is 0 Å². The summed E-state index contributed by atoms with van der Waals surface area (Å²) in [4.78, 5) is 0. The van der Waals surface area contributed by atoms with Crippen molar-refractivity contribution in [3.8, 4) is 0 Å². The number of ether oxygens (including phenoxy) is 1. The van der Waals surface area contributed by atoms with Crippen LogP contribution in [-0.2, 0) is 4.74 Å². The molecule has 0 radical (unpaired) electrons. The Kier molecular flexibility index (Phi) is 4.72. The van der Waals surface area contributed by atoms with E-state index >= 15 is 0 Å². The van der Waals surface area contributed by atoms with Gasteiger partial charge in [0, 0.05) is 11.9 Å². The molecule has 2 heteroatoms. The van der Waals surface area contributed by atoms with Crippen LogP contribution in [0.15, 0.2) is 0 Å². The topological polar surface area (TPSA) is 9.23 Å². The maximum atomic E-state index is 6.23. The Bertz CT molecular complexity index is 205. The second-order valence-corrected chi connectivity index (χ2v) is 6.49. The smallest absolute Gasteiger partial charge is 0.0779 e. The second kappa shape index (κ2) is 5.86. The molecular weight excluding hydrogens is 264 g/mol. The van der Waals surface area contributed by atoms with E-state index in [1.165, 1.54) is 51.4 Å². The highest BCUT2D eigenvalue weighted by Gasteiger charge is 2.34. The first-order valence-electron chi connectivity index (χ1n) is 6.94. The fraction of sp³-hybridized carbons (Fsp3) is 1.00. The molecule has 2 rings (SSSR count). The van der Waals surface area contributed by atoms with Crippen molar-refractivity contribution in [3.05, 3.63) is 0 Å². The Labute approximate surface area is 108 Å². The van der Waals surface area contributed by atoms with Gasteiger partial charge in [-0.05, 0) is 43.9 Å². The molecule has 0 bridgehead atoms. The van der Waals surface area contributed by atoms with E-state index in [1.54, 1.807) is 0 Å². The van der Waals surface area contributed by atoms with Crippen molar-refractivity contribution in [3.63, 3.8) is 0 Å². The summed E-state index contributed by atoms with van der Waals surface area (Å²) in [6.07, 6.45) is 10.8. The molecule has 0 aromatic rings. The van der Waals surface area contributed by atoms with Gasteiger partial charge in [-0.15, -0.1) is 0 Å². The zero-order chi connectivity index (χ0) is 11.4. The molecule has 1 nitrogen and oxygen atoms in total. The summed E-state index contributed by atoms with van der Waals surface area (Å²) in [5.74, 6) is 1.89. The summed E-state index contributed by atoms with van der Waals surface area (Å²) in [5, 5.41) is 1.03. The number of halogens is 1. The second-order valence-electron chi connectivity index (χ2n) is 5.93. The number of hydrogen-bond donors (Lipinski definition) is 0. The molecule has 2 saturated carbocycles. The molecule has 0 aromatic heterocycles. The molecule has 16 heavy (non-hydrogen) atoms. The van der Waals surface area contributed by atoms with Gasteiger partial charge in [-0.25, -0.2) is 0 Å². The van der Waals surface area contributed by atoms with Crippen LogP contribution in [0.3, 0.4) is 0 Å². The van der Waals surface area contributed by atoms with E-state index in [2.05, 4.69) is 22.9 Å². The third kappa shape index (κ3) is 3.22. The average Bonchev–Trinajstić information content (AvgIpc) is 2.25. The monoisotopic (exact) mass is 288 g/mol. The molecule has 0 atom stereocenters. The first-order chi connectivity index (χ1) is 7.74. The van der Waals surface area contributed by atoms with Gasteiger partial charge in [-0.1, -0.05) is 42.1 Å². The largest absolute Gasteiger partial charge is 0.374 e. The summed E-state index contributed by atoms with van der Waals surface area (Å²) in [6.45, 7) is 3.36. The maximum Gasteiger partial charge on any atom is 0.0779 e. The predicted octanol–water partition coefficient (Wildman–Crippen LogP) is 4.54. The van der Waals surface area contributed by atoms with E-state index in [9.17, 15) is 0 Å². The molecule has 0 N–H and O–H groups in total. The lowest BCUT2D eigenvalue weighted by atomic mass is 9.80. The summed E-state index contributed by atoms with van der Waals surface area (Å²) >= 11 is 3.66.